The Kier molecular flexibility index (Phi) is 2.63. The maximum atomic E-state index is 7.38. The molecule has 0 aromatic heterocycles. The molecule has 0 aromatic carbocycles. The molecule has 2 heteroatoms. The van der Waals surface area contributed by atoms with Crippen LogP contribution in [0.25, 0.3) is 0 Å². The molecule has 0 rings (SSSR count). The summed E-state index contributed by atoms with van der Waals surface area (Å²) in [5.41, 5.74) is 0. The van der Waals surface area contributed by atoms with Crippen LogP contribution in [0.1, 0.15) is 0 Å². The summed E-state index contributed by atoms with van der Waals surface area (Å²) in [4.78, 5) is 0. The number of nitrogens with zero attached hydrogens (tertiary/aromatic N) is 1. The van der Waals surface area contributed by atoms with E-state index in [9.17, 15) is 0 Å². The minimum atomic E-state index is 1.45. The standard InChI is InChI=1S/C2ClN/c3-1-2-4. The second-order valence-corrected chi connectivity index (χ2v) is 0.395. The normalized spacial score (nSPS) is 5.00. The molecule has 0 aromatic rings. The van der Waals surface area contributed by atoms with E-state index in [-0.39, 0.29) is 0 Å². The first-order valence-electron chi connectivity index (χ1n) is 0.663. The van der Waals surface area contributed by atoms with E-state index in [2.05, 4.69) is 11.6 Å². The number of halogens is 1. The summed E-state index contributed by atoms with van der Waals surface area (Å²) >= 11 is 4.57. The van der Waals surface area contributed by atoms with Crippen molar-refractivity contribution in [3.63, 3.8) is 0 Å². The molecule has 0 saturated heterocycles. The summed E-state index contributed by atoms with van der Waals surface area (Å²) in [6, 6.07) is 1.45. The predicted molar refractivity (Wildman–Crippen MR) is 14.7 cm³/mol. The molecule has 0 unspecified atom stereocenters. The van der Waals surface area contributed by atoms with Gasteiger partial charge in [-0.25, -0.2) is 0 Å². The van der Waals surface area contributed by atoms with E-state index >= 15 is 0 Å². The fourth-order valence-corrected chi connectivity index (χ4v) is 0. The van der Waals surface area contributed by atoms with Crippen LogP contribution in [0, 0.1) is 17.2 Å². The number of nitriles is 1. The van der Waals surface area contributed by atoms with E-state index in [4.69, 9.17) is 5.26 Å². The van der Waals surface area contributed by atoms with Crippen molar-refractivity contribution in [1.29, 1.82) is 5.26 Å². The van der Waals surface area contributed by atoms with E-state index in [1.54, 1.807) is 5.88 Å². The summed E-state index contributed by atoms with van der Waals surface area (Å²) in [6.45, 7) is 0. The Morgan fingerprint density at radius 2 is 2.00 bits per heavy atom. The first kappa shape index (κ1) is 3.78. The second kappa shape index (κ2) is 2.78. The molecule has 0 N–H and O–H groups in total. The highest BCUT2D eigenvalue weighted by molar-refractivity contribution is 6.24. The SMILES string of the molecule is N#C[C]Cl. The molecule has 0 saturated carbocycles. The molecule has 0 amide bonds. The van der Waals surface area contributed by atoms with Gasteiger partial charge >= 0.3 is 0 Å². The molecule has 1 nitrogen and oxygen atoms in total. The number of hydrogen-bond donors (Lipinski definition) is 0. The van der Waals surface area contributed by atoms with Gasteiger partial charge in [0.1, 0.15) is 0 Å². The van der Waals surface area contributed by atoms with Crippen molar-refractivity contribution in [3.05, 3.63) is 5.88 Å². The lowest BCUT2D eigenvalue weighted by molar-refractivity contribution is 1.53. The van der Waals surface area contributed by atoms with Gasteiger partial charge in [0.2, 0.25) is 5.88 Å². The molecule has 0 heterocycles. The third-order valence-electron chi connectivity index (χ3n) is 0.0423. The molecule has 0 aliphatic heterocycles. The van der Waals surface area contributed by atoms with Gasteiger partial charge in [-0.3, -0.25) is 0 Å². The molecule has 0 bridgehead atoms. The van der Waals surface area contributed by atoms with Gasteiger partial charge in [0.15, 0.2) is 0 Å². The minimum absolute atomic E-state index is 1.45. The van der Waals surface area contributed by atoms with Gasteiger partial charge in [0.05, 0.1) is 6.07 Å². The predicted octanol–water partition coefficient (Wildman–Crippen LogP) is 0.788. The van der Waals surface area contributed by atoms with E-state index in [1.807, 2.05) is 0 Å². The average Bonchev–Trinajstić information content (AvgIpc) is 1.37. The molecule has 0 atom stereocenters. The zero-order chi connectivity index (χ0) is 3.41. The van der Waals surface area contributed by atoms with Crippen molar-refractivity contribution >= 4 is 11.6 Å². The first-order valence-corrected chi connectivity index (χ1v) is 1.04. The smallest absolute Gasteiger partial charge is 0.196 e. The van der Waals surface area contributed by atoms with Gasteiger partial charge in [0, 0.05) is 0 Å². The largest absolute Gasteiger partial charge is 0.201 e. The van der Waals surface area contributed by atoms with Crippen LogP contribution in [-0.2, 0) is 0 Å². The zero-order valence-corrected chi connectivity index (χ0v) is 2.58. The molecule has 2 radical (unpaired) electrons. The van der Waals surface area contributed by atoms with Gasteiger partial charge in [-0.1, -0.05) is 11.6 Å². The van der Waals surface area contributed by atoms with Crippen LogP contribution >= 0.6 is 11.6 Å². The van der Waals surface area contributed by atoms with E-state index in [1.165, 1.54) is 6.07 Å². The van der Waals surface area contributed by atoms with Crippen molar-refractivity contribution in [2.75, 3.05) is 0 Å². The van der Waals surface area contributed by atoms with Crippen LogP contribution in [0.3, 0.4) is 0 Å². The summed E-state index contributed by atoms with van der Waals surface area (Å²) < 4.78 is 0. The molecule has 0 spiro atoms. The zero-order valence-electron chi connectivity index (χ0n) is 1.83. The van der Waals surface area contributed by atoms with Gasteiger partial charge in [-0.15, -0.1) is 0 Å². The van der Waals surface area contributed by atoms with Crippen molar-refractivity contribution in [2.24, 2.45) is 0 Å². The Labute approximate surface area is 29.8 Å². The Hall–Kier alpha value is -0.220. The Morgan fingerprint density at radius 3 is 2.00 bits per heavy atom. The van der Waals surface area contributed by atoms with Crippen LogP contribution in [0.15, 0.2) is 0 Å². The molecule has 0 aliphatic carbocycles. The van der Waals surface area contributed by atoms with E-state index in [0.29, 0.717) is 0 Å². The van der Waals surface area contributed by atoms with Crippen LogP contribution in [0.5, 0.6) is 0 Å². The minimum Gasteiger partial charge on any atom is -0.196 e. The van der Waals surface area contributed by atoms with E-state index < -0.39 is 0 Å². The Bertz CT molecular complexity index is 35.8. The van der Waals surface area contributed by atoms with Gasteiger partial charge in [-0.05, 0) is 0 Å². The highest BCUT2D eigenvalue weighted by atomic mass is 35.5. The van der Waals surface area contributed by atoms with Crippen molar-refractivity contribution < 1.29 is 0 Å². The van der Waals surface area contributed by atoms with Crippen LogP contribution < -0.4 is 0 Å². The lowest BCUT2D eigenvalue weighted by atomic mass is 10.9. The highest BCUT2D eigenvalue weighted by Crippen LogP contribution is 1.72. The third-order valence-corrected chi connectivity index (χ3v) is 0.127. The molecular weight excluding hydrogens is 73.5 g/mol. The Morgan fingerprint density at radius 1 is 1.75 bits per heavy atom. The summed E-state index contributed by atoms with van der Waals surface area (Å²) in [7, 11) is 0. The lowest BCUT2D eigenvalue weighted by Crippen LogP contribution is -1.33. The fraction of sp³-hybridized carbons (Fsp3) is 0. The first-order chi connectivity index (χ1) is 1.91. The Balaban J connectivity index is 2.43. The van der Waals surface area contributed by atoms with Gasteiger partial charge < -0.3 is 0 Å². The second-order valence-electron chi connectivity index (χ2n) is 0.206. The molecule has 4 heavy (non-hydrogen) atoms. The van der Waals surface area contributed by atoms with Crippen molar-refractivity contribution in [1.82, 2.24) is 0 Å². The van der Waals surface area contributed by atoms with Crippen molar-refractivity contribution in [2.45, 2.75) is 0 Å². The maximum Gasteiger partial charge on any atom is 0.201 e. The van der Waals surface area contributed by atoms with Crippen LogP contribution in [0.4, 0.5) is 0 Å². The molecule has 0 aliphatic rings. The van der Waals surface area contributed by atoms with Crippen LogP contribution in [-0.4, -0.2) is 0 Å². The van der Waals surface area contributed by atoms with Crippen molar-refractivity contribution in [3.8, 4) is 6.07 Å². The highest BCUT2D eigenvalue weighted by Gasteiger charge is 1.57. The number of rotatable bonds is 0. The number of hydrogen-bond acceptors (Lipinski definition) is 1. The molecular formula is C2ClN. The average molecular weight is 73.5 g/mol. The summed E-state index contributed by atoms with van der Waals surface area (Å²) in [5, 5.41) is 7.38. The third kappa shape index (κ3) is 1.78. The maximum absolute atomic E-state index is 7.38. The summed E-state index contributed by atoms with van der Waals surface area (Å²) in [5.74, 6) is 1.71. The van der Waals surface area contributed by atoms with Gasteiger partial charge in [-0.2, -0.15) is 5.26 Å². The lowest BCUT2D eigenvalue weighted by Gasteiger charge is -1.40. The van der Waals surface area contributed by atoms with E-state index in [0.717, 1.165) is 0 Å². The quantitative estimate of drug-likeness (QED) is 0.416. The monoisotopic (exact) mass is 73.0 g/mol. The topological polar surface area (TPSA) is 23.8 Å². The molecule has 0 fully saturated rings. The fourth-order valence-electron chi connectivity index (χ4n) is 0. The molecule has 20 valence electrons. The summed E-state index contributed by atoms with van der Waals surface area (Å²) in [6.07, 6.45) is 0. The van der Waals surface area contributed by atoms with Crippen LogP contribution in [0.2, 0.25) is 0 Å². The van der Waals surface area contributed by atoms with Gasteiger partial charge in [0.25, 0.3) is 0 Å².